The fourth-order valence-electron chi connectivity index (χ4n) is 1.25. The second-order valence-electron chi connectivity index (χ2n) is 2.85. The summed E-state index contributed by atoms with van der Waals surface area (Å²) >= 11 is 0. The molecule has 1 radical (unpaired) electrons. The summed E-state index contributed by atoms with van der Waals surface area (Å²) in [7, 11) is 0. The van der Waals surface area contributed by atoms with Gasteiger partial charge in [0.2, 0.25) is 0 Å². The van der Waals surface area contributed by atoms with Crippen LogP contribution in [0.25, 0.3) is 10.8 Å². The normalized spacial score (nSPS) is 11.0. The van der Waals surface area contributed by atoms with Gasteiger partial charge in [-0.15, -0.1) is 0 Å². The first-order valence-corrected chi connectivity index (χ1v) is 3.86. The average Bonchev–Trinajstić information content (AvgIpc) is 2.20. The molecule has 0 aliphatic carbocycles. The zero-order valence-corrected chi connectivity index (χ0v) is 7.04. The Morgan fingerprint density at radius 1 is 0.800 bits per heavy atom. The summed E-state index contributed by atoms with van der Waals surface area (Å²) in [5.41, 5.74) is 0. The summed E-state index contributed by atoms with van der Waals surface area (Å²) in [6.07, 6.45) is 0. The second-order valence-corrected chi connectivity index (χ2v) is 2.85. The summed E-state index contributed by atoms with van der Waals surface area (Å²) in [5, 5.41) is -1.29. The Labute approximate surface area is 80.9 Å². The van der Waals surface area contributed by atoms with Crippen molar-refractivity contribution in [3.63, 3.8) is 0 Å². The van der Waals surface area contributed by atoms with Crippen LogP contribution in [-0.2, 0) is 0 Å². The molecule has 0 spiro atoms. The monoisotopic (exact) mass is 217 g/mol. The van der Waals surface area contributed by atoms with Crippen LogP contribution in [0, 0.1) is 35.2 Å². The van der Waals surface area contributed by atoms with Gasteiger partial charge in [-0.1, -0.05) is 6.07 Å². The molecule has 0 heterocycles. The highest BCUT2D eigenvalue weighted by Crippen LogP contribution is 2.26. The average molecular weight is 217 g/mol. The van der Waals surface area contributed by atoms with Crippen molar-refractivity contribution in [3.8, 4) is 0 Å². The lowest BCUT2D eigenvalue weighted by molar-refractivity contribution is 0.447. The van der Waals surface area contributed by atoms with Gasteiger partial charge in [0.25, 0.3) is 0 Å². The first kappa shape index (κ1) is 9.89. The Balaban J connectivity index is 3.00. The van der Waals surface area contributed by atoms with E-state index in [0.29, 0.717) is 6.07 Å². The van der Waals surface area contributed by atoms with Gasteiger partial charge in [0, 0.05) is 6.07 Å². The van der Waals surface area contributed by atoms with Crippen molar-refractivity contribution in [2.24, 2.45) is 0 Å². The van der Waals surface area contributed by atoms with Crippen molar-refractivity contribution in [3.05, 3.63) is 47.3 Å². The molecule has 0 saturated carbocycles. The molecule has 5 heteroatoms. The van der Waals surface area contributed by atoms with Crippen LogP contribution < -0.4 is 0 Å². The molecule has 77 valence electrons. The Kier molecular flexibility index (Phi) is 2.10. The highest BCUT2D eigenvalue weighted by Gasteiger charge is 2.18. The lowest BCUT2D eigenvalue weighted by Gasteiger charge is -2.03. The fourth-order valence-corrected chi connectivity index (χ4v) is 1.25. The van der Waals surface area contributed by atoms with E-state index in [0.717, 1.165) is 6.07 Å². The molecule has 0 aliphatic rings. The van der Waals surface area contributed by atoms with Crippen molar-refractivity contribution in [1.29, 1.82) is 0 Å². The van der Waals surface area contributed by atoms with Gasteiger partial charge in [0.05, 0.1) is 5.39 Å². The third kappa shape index (κ3) is 1.35. The number of hydrogen-bond acceptors (Lipinski definition) is 0. The van der Waals surface area contributed by atoms with Crippen LogP contribution in [0.5, 0.6) is 0 Å². The summed E-state index contributed by atoms with van der Waals surface area (Å²) in [4.78, 5) is 0. The molecule has 15 heavy (non-hydrogen) atoms. The summed E-state index contributed by atoms with van der Waals surface area (Å²) < 4.78 is 64.2. The molecular formula is C10H2F5. The predicted octanol–water partition coefficient (Wildman–Crippen LogP) is 3.34. The molecular weight excluding hydrogens is 215 g/mol. The van der Waals surface area contributed by atoms with Crippen LogP contribution in [0.2, 0.25) is 0 Å². The Bertz CT molecular complexity index is 547. The van der Waals surface area contributed by atoms with Gasteiger partial charge in [-0.3, -0.25) is 0 Å². The maximum absolute atomic E-state index is 13.1. The minimum atomic E-state index is -1.87. The minimum absolute atomic E-state index is 0.356. The van der Waals surface area contributed by atoms with Gasteiger partial charge >= 0.3 is 0 Å². The summed E-state index contributed by atoms with van der Waals surface area (Å²) in [5.74, 6) is -8.07. The molecule has 0 aromatic heterocycles. The SMILES string of the molecule is Fc1[c]c2ccc(F)c(F)c2c(F)c1F. The van der Waals surface area contributed by atoms with Crippen molar-refractivity contribution < 1.29 is 22.0 Å². The second kappa shape index (κ2) is 3.18. The van der Waals surface area contributed by atoms with Crippen molar-refractivity contribution in [2.75, 3.05) is 0 Å². The predicted molar refractivity (Wildman–Crippen MR) is 42.6 cm³/mol. The van der Waals surface area contributed by atoms with E-state index in [4.69, 9.17) is 0 Å². The highest BCUT2D eigenvalue weighted by molar-refractivity contribution is 5.83. The van der Waals surface area contributed by atoms with E-state index in [-0.39, 0.29) is 5.39 Å². The van der Waals surface area contributed by atoms with Gasteiger partial charge in [0.1, 0.15) is 0 Å². The molecule has 0 fully saturated rings. The Hall–Kier alpha value is -1.65. The van der Waals surface area contributed by atoms with Crippen LogP contribution in [0.3, 0.4) is 0 Å². The van der Waals surface area contributed by atoms with Crippen molar-refractivity contribution in [1.82, 2.24) is 0 Å². The molecule has 0 N–H and O–H groups in total. The van der Waals surface area contributed by atoms with Crippen LogP contribution in [0.4, 0.5) is 22.0 Å². The largest absolute Gasteiger partial charge is 0.204 e. The number of benzene rings is 2. The zero-order valence-electron chi connectivity index (χ0n) is 7.04. The lowest BCUT2D eigenvalue weighted by Crippen LogP contribution is -1.96. The van der Waals surface area contributed by atoms with Gasteiger partial charge in [-0.05, 0) is 11.5 Å². The van der Waals surface area contributed by atoms with Crippen LogP contribution in [0.1, 0.15) is 0 Å². The highest BCUT2D eigenvalue weighted by atomic mass is 19.2. The van der Waals surface area contributed by atoms with Gasteiger partial charge < -0.3 is 0 Å². The van der Waals surface area contributed by atoms with Gasteiger partial charge in [-0.25, -0.2) is 22.0 Å². The molecule has 0 saturated heterocycles. The third-order valence-corrected chi connectivity index (χ3v) is 1.94. The molecule has 0 aliphatic heterocycles. The fraction of sp³-hybridized carbons (Fsp3) is 0. The van der Waals surface area contributed by atoms with E-state index in [1.807, 2.05) is 0 Å². The van der Waals surface area contributed by atoms with Crippen LogP contribution >= 0.6 is 0 Å². The van der Waals surface area contributed by atoms with Crippen LogP contribution in [0.15, 0.2) is 12.1 Å². The topological polar surface area (TPSA) is 0 Å². The number of hydrogen-bond donors (Lipinski definition) is 0. The van der Waals surface area contributed by atoms with Crippen molar-refractivity contribution >= 4 is 10.8 Å². The molecule has 0 unspecified atom stereocenters. The molecule has 2 rings (SSSR count). The van der Waals surface area contributed by atoms with E-state index >= 15 is 0 Å². The standard InChI is InChI=1S/C10H2F5/c11-5-2-1-4-3-6(12)9(14)10(15)7(4)8(5)13/h1-2H. The molecule has 0 amide bonds. The maximum atomic E-state index is 13.1. The Morgan fingerprint density at radius 2 is 1.47 bits per heavy atom. The molecule has 0 nitrogen and oxygen atoms in total. The molecule has 0 atom stereocenters. The zero-order chi connectivity index (χ0) is 11.2. The number of fused-ring (bicyclic) bond motifs is 1. The number of halogens is 5. The van der Waals surface area contributed by atoms with E-state index in [1.54, 1.807) is 6.07 Å². The lowest BCUT2D eigenvalue weighted by atomic mass is 10.1. The first-order chi connectivity index (χ1) is 7.02. The molecule has 2 aromatic carbocycles. The smallest absolute Gasteiger partial charge is 0.195 e. The van der Waals surface area contributed by atoms with Gasteiger partial charge in [0.15, 0.2) is 29.1 Å². The Morgan fingerprint density at radius 3 is 2.13 bits per heavy atom. The quantitative estimate of drug-likeness (QED) is 0.469. The third-order valence-electron chi connectivity index (χ3n) is 1.94. The van der Waals surface area contributed by atoms with Crippen LogP contribution in [-0.4, -0.2) is 0 Å². The van der Waals surface area contributed by atoms with E-state index in [1.165, 1.54) is 0 Å². The molecule has 2 aromatic rings. The molecule has 0 bridgehead atoms. The first-order valence-electron chi connectivity index (χ1n) is 3.86. The van der Waals surface area contributed by atoms with E-state index < -0.39 is 34.5 Å². The maximum Gasteiger partial charge on any atom is 0.195 e. The minimum Gasteiger partial charge on any atom is -0.204 e. The summed E-state index contributed by atoms with van der Waals surface area (Å²) in [6.45, 7) is 0. The van der Waals surface area contributed by atoms with E-state index in [9.17, 15) is 22.0 Å². The van der Waals surface area contributed by atoms with Crippen molar-refractivity contribution in [2.45, 2.75) is 0 Å². The van der Waals surface area contributed by atoms with E-state index in [2.05, 4.69) is 0 Å². The summed E-state index contributed by atoms with van der Waals surface area (Å²) in [6, 6.07) is 3.38. The number of rotatable bonds is 0. The van der Waals surface area contributed by atoms with Gasteiger partial charge in [-0.2, -0.15) is 0 Å².